The number of carbonyl (C=O) groups is 1. The maximum atomic E-state index is 12.1. The number of ether oxygens (including phenoxy) is 2. The lowest BCUT2D eigenvalue weighted by molar-refractivity contribution is -0.170. The van der Waals surface area contributed by atoms with Gasteiger partial charge >= 0.3 is 5.97 Å². The highest BCUT2D eigenvalue weighted by Crippen LogP contribution is 2.23. The Bertz CT molecular complexity index is 461. The standard InChI is InChI=1S/C16H25NO3/c1-15(2,3)20-14(18)16(4,5)19-13-8-6-7-12(11-13)9-10-17/h6-8,11H,9-10,17H2,1-5H3. The summed E-state index contributed by atoms with van der Waals surface area (Å²) in [5.41, 5.74) is 5.07. The number of benzene rings is 1. The van der Waals surface area contributed by atoms with Crippen molar-refractivity contribution in [2.45, 2.75) is 52.2 Å². The topological polar surface area (TPSA) is 61.5 Å². The summed E-state index contributed by atoms with van der Waals surface area (Å²) < 4.78 is 11.1. The van der Waals surface area contributed by atoms with Gasteiger partial charge in [0, 0.05) is 0 Å². The van der Waals surface area contributed by atoms with Gasteiger partial charge in [0.2, 0.25) is 0 Å². The molecule has 4 heteroatoms. The molecule has 20 heavy (non-hydrogen) atoms. The molecule has 0 fully saturated rings. The van der Waals surface area contributed by atoms with Gasteiger partial charge in [-0.3, -0.25) is 0 Å². The number of hydrogen-bond acceptors (Lipinski definition) is 4. The molecule has 1 rings (SSSR count). The lowest BCUT2D eigenvalue weighted by Crippen LogP contribution is -2.43. The van der Waals surface area contributed by atoms with Crippen LogP contribution in [0.2, 0.25) is 0 Å². The van der Waals surface area contributed by atoms with Gasteiger partial charge in [0.1, 0.15) is 11.4 Å². The second kappa shape index (κ2) is 6.27. The molecule has 0 amide bonds. The van der Waals surface area contributed by atoms with Crippen molar-refractivity contribution >= 4 is 5.97 Å². The molecule has 0 aliphatic carbocycles. The molecular weight excluding hydrogens is 254 g/mol. The maximum absolute atomic E-state index is 12.1. The molecule has 0 heterocycles. The van der Waals surface area contributed by atoms with Crippen molar-refractivity contribution in [2.24, 2.45) is 5.73 Å². The van der Waals surface area contributed by atoms with Crippen LogP contribution in [0.4, 0.5) is 0 Å². The Balaban J connectivity index is 2.79. The van der Waals surface area contributed by atoms with Crippen molar-refractivity contribution in [1.82, 2.24) is 0 Å². The Hall–Kier alpha value is -1.55. The van der Waals surface area contributed by atoms with E-state index in [9.17, 15) is 4.79 Å². The van der Waals surface area contributed by atoms with E-state index >= 15 is 0 Å². The Kier molecular flexibility index (Phi) is 5.17. The minimum atomic E-state index is -1.03. The third-order valence-electron chi connectivity index (χ3n) is 2.59. The van der Waals surface area contributed by atoms with Gasteiger partial charge in [-0.25, -0.2) is 4.79 Å². The first-order valence-electron chi connectivity index (χ1n) is 6.85. The summed E-state index contributed by atoms with van der Waals surface area (Å²) in [6.07, 6.45) is 0.782. The van der Waals surface area contributed by atoms with Crippen LogP contribution in [-0.4, -0.2) is 23.7 Å². The predicted molar refractivity (Wildman–Crippen MR) is 79.8 cm³/mol. The second-order valence-corrected chi connectivity index (χ2v) is 6.30. The molecule has 0 saturated heterocycles. The average molecular weight is 279 g/mol. The van der Waals surface area contributed by atoms with Gasteiger partial charge in [-0.05, 0) is 65.3 Å². The summed E-state index contributed by atoms with van der Waals surface area (Å²) >= 11 is 0. The van der Waals surface area contributed by atoms with Gasteiger partial charge in [-0.2, -0.15) is 0 Å². The normalized spacial score (nSPS) is 12.1. The molecule has 0 radical (unpaired) electrons. The Morgan fingerprint density at radius 2 is 1.85 bits per heavy atom. The maximum Gasteiger partial charge on any atom is 0.350 e. The largest absolute Gasteiger partial charge is 0.476 e. The number of nitrogens with two attached hydrogens (primary N) is 1. The fourth-order valence-electron chi connectivity index (χ4n) is 1.67. The Labute approximate surface area is 121 Å². The molecular formula is C16H25NO3. The lowest BCUT2D eigenvalue weighted by Gasteiger charge is -2.29. The summed E-state index contributed by atoms with van der Waals surface area (Å²) in [6.45, 7) is 9.50. The van der Waals surface area contributed by atoms with Gasteiger partial charge in [-0.1, -0.05) is 12.1 Å². The number of hydrogen-bond donors (Lipinski definition) is 1. The van der Waals surface area contributed by atoms with Gasteiger partial charge in [0.05, 0.1) is 0 Å². The van der Waals surface area contributed by atoms with Crippen molar-refractivity contribution in [1.29, 1.82) is 0 Å². The van der Waals surface area contributed by atoms with Crippen LogP contribution in [0.25, 0.3) is 0 Å². The van der Waals surface area contributed by atoms with Crippen LogP contribution in [-0.2, 0) is 16.0 Å². The van der Waals surface area contributed by atoms with E-state index in [2.05, 4.69) is 0 Å². The zero-order chi connectivity index (χ0) is 15.4. The summed E-state index contributed by atoms with van der Waals surface area (Å²) in [7, 11) is 0. The van der Waals surface area contributed by atoms with Crippen molar-refractivity contribution in [3.05, 3.63) is 29.8 Å². The van der Waals surface area contributed by atoms with Gasteiger partial charge in [0.25, 0.3) is 0 Å². The van der Waals surface area contributed by atoms with Crippen molar-refractivity contribution in [3.63, 3.8) is 0 Å². The molecule has 0 spiro atoms. The van der Waals surface area contributed by atoms with E-state index in [1.807, 2.05) is 45.0 Å². The molecule has 0 bridgehead atoms. The fraction of sp³-hybridized carbons (Fsp3) is 0.562. The number of rotatable bonds is 5. The zero-order valence-corrected chi connectivity index (χ0v) is 13.0. The van der Waals surface area contributed by atoms with Gasteiger partial charge in [-0.15, -0.1) is 0 Å². The van der Waals surface area contributed by atoms with Crippen molar-refractivity contribution in [2.75, 3.05) is 6.54 Å². The van der Waals surface area contributed by atoms with Gasteiger partial charge < -0.3 is 15.2 Å². The quantitative estimate of drug-likeness (QED) is 0.842. The molecule has 0 atom stereocenters. The van der Waals surface area contributed by atoms with Crippen LogP contribution in [0.1, 0.15) is 40.2 Å². The van der Waals surface area contributed by atoms with Crippen LogP contribution in [0.5, 0.6) is 5.75 Å². The first-order valence-corrected chi connectivity index (χ1v) is 6.85. The fourth-order valence-corrected chi connectivity index (χ4v) is 1.67. The van der Waals surface area contributed by atoms with Crippen LogP contribution in [0.15, 0.2) is 24.3 Å². The molecule has 0 saturated carbocycles. The molecule has 0 unspecified atom stereocenters. The van der Waals surface area contributed by atoms with Crippen molar-refractivity contribution < 1.29 is 14.3 Å². The summed E-state index contributed by atoms with van der Waals surface area (Å²) in [5.74, 6) is 0.265. The first kappa shape index (κ1) is 16.5. The lowest BCUT2D eigenvalue weighted by atomic mass is 10.1. The smallest absolute Gasteiger partial charge is 0.350 e. The molecule has 112 valence electrons. The molecule has 0 aliphatic rings. The SMILES string of the molecule is CC(C)(C)OC(=O)C(C)(C)Oc1cccc(CCN)c1. The third-order valence-corrected chi connectivity index (χ3v) is 2.59. The van der Waals surface area contributed by atoms with Crippen LogP contribution in [0, 0.1) is 0 Å². The average Bonchev–Trinajstić information content (AvgIpc) is 2.26. The second-order valence-electron chi connectivity index (χ2n) is 6.30. The number of esters is 1. The van der Waals surface area contributed by atoms with Crippen LogP contribution in [0.3, 0.4) is 0 Å². The minimum absolute atomic E-state index is 0.380. The highest BCUT2D eigenvalue weighted by molar-refractivity contribution is 5.79. The van der Waals surface area contributed by atoms with E-state index in [-0.39, 0.29) is 5.97 Å². The summed E-state index contributed by atoms with van der Waals surface area (Å²) in [4.78, 5) is 12.1. The molecule has 1 aromatic rings. The first-order chi connectivity index (χ1) is 9.14. The Morgan fingerprint density at radius 1 is 1.20 bits per heavy atom. The van der Waals surface area contributed by atoms with E-state index in [0.717, 1.165) is 12.0 Å². The molecule has 0 aromatic heterocycles. The van der Waals surface area contributed by atoms with E-state index in [4.69, 9.17) is 15.2 Å². The minimum Gasteiger partial charge on any atom is -0.476 e. The zero-order valence-electron chi connectivity index (χ0n) is 13.0. The predicted octanol–water partition coefficient (Wildman–Crippen LogP) is 2.69. The third kappa shape index (κ3) is 5.21. The Morgan fingerprint density at radius 3 is 2.40 bits per heavy atom. The molecule has 0 aliphatic heterocycles. The summed E-state index contributed by atoms with van der Waals surface area (Å²) in [6, 6.07) is 7.61. The highest BCUT2D eigenvalue weighted by atomic mass is 16.6. The van der Waals surface area contributed by atoms with E-state index in [1.54, 1.807) is 13.8 Å². The van der Waals surface area contributed by atoms with Gasteiger partial charge in [0.15, 0.2) is 5.60 Å². The summed E-state index contributed by atoms with van der Waals surface area (Å²) in [5, 5.41) is 0. The van der Waals surface area contributed by atoms with Crippen LogP contribution < -0.4 is 10.5 Å². The van der Waals surface area contributed by atoms with Crippen molar-refractivity contribution in [3.8, 4) is 5.75 Å². The number of carbonyl (C=O) groups excluding carboxylic acids is 1. The monoisotopic (exact) mass is 279 g/mol. The van der Waals surface area contributed by atoms with E-state index in [1.165, 1.54) is 0 Å². The molecule has 4 nitrogen and oxygen atoms in total. The molecule has 1 aromatic carbocycles. The van der Waals surface area contributed by atoms with E-state index < -0.39 is 11.2 Å². The highest BCUT2D eigenvalue weighted by Gasteiger charge is 2.34. The molecule has 2 N–H and O–H groups in total. The van der Waals surface area contributed by atoms with Crippen LogP contribution >= 0.6 is 0 Å². The van der Waals surface area contributed by atoms with E-state index in [0.29, 0.717) is 12.3 Å².